The summed E-state index contributed by atoms with van der Waals surface area (Å²) in [6, 6.07) is 19.0. The molecule has 0 saturated carbocycles. The number of piperidine rings is 1. The predicted molar refractivity (Wildman–Crippen MR) is 174 cm³/mol. The lowest BCUT2D eigenvalue weighted by Gasteiger charge is -2.33. The molecule has 0 radical (unpaired) electrons. The second-order valence-electron chi connectivity index (χ2n) is 10.6. The van der Waals surface area contributed by atoms with Crippen molar-refractivity contribution in [3.05, 3.63) is 102 Å². The van der Waals surface area contributed by atoms with E-state index in [1.807, 2.05) is 17.9 Å². The molecular formula is C33H37FN4O6S. The maximum Gasteiger partial charge on any atom is 0.255 e. The van der Waals surface area contributed by atoms with Gasteiger partial charge in [-0.3, -0.25) is 4.79 Å². The average molecular weight is 637 g/mol. The molecule has 1 unspecified atom stereocenters. The number of pyridine rings is 1. The molecule has 7 N–H and O–H groups in total. The van der Waals surface area contributed by atoms with Gasteiger partial charge in [0, 0.05) is 48.6 Å². The number of halogens is 1. The molecule has 5 rings (SSSR count). The Morgan fingerprint density at radius 1 is 1.13 bits per heavy atom. The van der Waals surface area contributed by atoms with Gasteiger partial charge in [-0.25, -0.2) is 9.37 Å². The van der Waals surface area contributed by atoms with E-state index in [0.29, 0.717) is 48.0 Å². The van der Waals surface area contributed by atoms with E-state index >= 15 is 0 Å². The highest BCUT2D eigenvalue weighted by atomic mass is 32.3. The molecule has 0 bridgehead atoms. The quantitative estimate of drug-likeness (QED) is 0.113. The molecule has 10 nitrogen and oxygen atoms in total. The zero-order chi connectivity index (χ0) is 32.6. The van der Waals surface area contributed by atoms with E-state index < -0.39 is 10.9 Å². The van der Waals surface area contributed by atoms with E-state index in [1.165, 1.54) is 30.5 Å². The van der Waals surface area contributed by atoms with Crippen LogP contribution in [0.4, 0.5) is 10.2 Å². The molecule has 1 saturated heterocycles. The molecule has 45 heavy (non-hydrogen) atoms. The van der Waals surface area contributed by atoms with Crippen LogP contribution in [0.2, 0.25) is 0 Å². The minimum absolute atomic E-state index is 0.0139. The molecule has 2 heterocycles. The molecule has 0 spiro atoms. The first kappa shape index (κ1) is 33.4. The van der Waals surface area contributed by atoms with Crippen LogP contribution in [0.1, 0.15) is 41.3 Å². The van der Waals surface area contributed by atoms with E-state index in [9.17, 15) is 14.3 Å². The highest BCUT2D eigenvalue weighted by Crippen LogP contribution is 2.44. The zero-order valence-corrected chi connectivity index (χ0v) is 25.6. The van der Waals surface area contributed by atoms with E-state index in [0.717, 1.165) is 36.6 Å². The third kappa shape index (κ3) is 8.79. The lowest BCUT2D eigenvalue weighted by atomic mass is 9.98. The first-order chi connectivity index (χ1) is 21.5. The average Bonchev–Trinajstić information content (AvgIpc) is 3.04. The van der Waals surface area contributed by atoms with Gasteiger partial charge in [0.2, 0.25) is 0 Å². The lowest BCUT2D eigenvalue weighted by molar-refractivity contribution is 0.0632. The van der Waals surface area contributed by atoms with Crippen molar-refractivity contribution in [3.63, 3.8) is 0 Å². The number of rotatable bonds is 8. The Labute approximate surface area is 263 Å². The summed E-state index contributed by atoms with van der Waals surface area (Å²) in [4.78, 5) is 18.7. The Balaban J connectivity index is 0.000000323. The number of nitrogens with zero attached hydrogens (tertiary/aromatic N) is 2. The third-order valence-electron chi connectivity index (χ3n) is 7.40. The molecular weight excluding hydrogens is 599 g/mol. The fraction of sp³-hybridized carbons (Fsp3) is 0.242. The molecule has 1 aliphatic heterocycles. The van der Waals surface area contributed by atoms with Gasteiger partial charge in [0.25, 0.3) is 5.91 Å². The number of phenolic OH excluding ortho intramolecular Hbond substituents is 1. The van der Waals surface area contributed by atoms with E-state index in [2.05, 4.69) is 4.98 Å². The number of benzene rings is 3. The van der Waals surface area contributed by atoms with E-state index in [1.54, 1.807) is 42.5 Å². The van der Waals surface area contributed by atoms with Gasteiger partial charge in [0.15, 0.2) is 0 Å². The summed E-state index contributed by atoms with van der Waals surface area (Å²) >= 11 is 0. The molecule has 1 fully saturated rings. The van der Waals surface area contributed by atoms with Crippen LogP contribution < -0.4 is 10.5 Å². The molecule has 1 aliphatic rings. The van der Waals surface area contributed by atoms with Crippen LogP contribution in [0.15, 0.2) is 83.9 Å². The fourth-order valence-corrected chi connectivity index (χ4v) is 5.75. The predicted octanol–water partition coefficient (Wildman–Crippen LogP) is 6.94. The standard InChI is InChI=1S/C26H28FN3O3.C7H9NO3S/c1-2-18-12-22(19-5-8-21(27)9-6-19)23(31)13-24(18)33-16-17-4-3-11-30(15-17)26(32)20-7-10-25(28)29-14-20;8-5-6-3-1-2-4-7(6)12(9,10)11/h5-10,12-14,17,31H,2-4,11,15-16H2,1H3,(H2,28,29);1-5,8-11H. The number of phenols is 1. The van der Waals surface area contributed by atoms with Crippen molar-refractivity contribution >= 4 is 28.8 Å². The molecule has 3 aromatic carbocycles. The van der Waals surface area contributed by atoms with Gasteiger partial charge in [-0.15, -0.1) is 0 Å². The zero-order valence-electron chi connectivity index (χ0n) is 24.8. The van der Waals surface area contributed by atoms with Gasteiger partial charge in [-0.05, 0) is 66.8 Å². The van der Waals surface area contributed by atoms with Crippen LogP contribution >= 0.6 is 10.9 Å². The van der Waals surface area contributed by atoms with Crippen molar-refractivity contribution in [1.82, 2.24) is 9.88 Å². The molecule has 238 valence electrons. The SMILES string of the molecule is CCc1cc(-c2ccc(F)cc2)c(O)cc1OCC1CCCN(C(=O)c2ccc(N)nc2)C1.N=Cc1ccccc1S(O)(O)O. The highest BCUT2D eigenvalue weighted by molar-refractivity contribution is 8.19. The van der Waals surface area contributed by atoms with Gasteiger partial charge >= 0.3 is 0 Å². The number of likely N-dealkylation sites (tertiary alicyclic amines) is 1. The van der Waals surface area contributed by atoms with Crippen molar-refractivity contribution < 1.29 is 32.7 Å². The second kappa shape index (κ2) is 15.0. The molecule has 1 amide bonds. The summed E-state index contributed by atoms with van der Waals surface area (Å²) in [6.07, 6.45) is 5.06. The summed E-state index contributed by atoms with van der Waals surface area (Å²) < 4.78 is 46.1. The largest absolute Gasteiger partial charge is 0.507 e. The number of aromatic nitrogens is 1. The van der Waals surface area contributed by atoms with Crippen LogP contribution in [0.25, 0.3) is 11.1 Å². The number of nitrogens with one attached hydrogen (secondary N) is 1. The lowest BCUT2D eigenvalue weighted by Crippen LogP contribution is -2.41. The number of carbonyl (C=O) groups excluding carboxylic acids is 1. The van der Waals surface area contributed by atoms with Crippen molar-refractivity contribution in [3.8, 4) is 22.6 Å². The number of aryl methyl sites for hydroxylation is 1. The summed E-state index contributed by atoms with van der Waals surface area (Å²) in [5, 5.41) is 17.5. The van der Waals surface area contributed by atoms with Crippen molar-refractivity contribution in [2.45, 2.75) is 31.1 Å². The summed E-state index contributed by atoms with van der Waals surface area (Å²) in [7, 11) is -3.70. The molecule has 1 atom stereocenters. The summed E-state index contributed by atoms with van der Waals surface area (Å²) in [6.45, 7) is 3.78. The maximum absolute atomic E-state index is 13.3. The molecule has 4 aromatic rings. The topological polar surface area (TPSA) is 173 Å². The highest BCUT2D eigenvalue weighted by Gasteiger charge is 2.26. The number of aromatic hydroxyl groups is 1. The van der Waals surface area contributed by atoms with Crippen LogP contribution in [-0.4, -0.2) is 60.5 Å². The number of anilines is 1. The minimum Gasteiger partial charge on any atom is -0.507 e. The van der Waals surface area contributed by atoms with Crippen molar-refractivity contribution in [2.75, 3.05) is 25.4 Å². The third-order valence-corrected chi connectivity index (χ3v) is 8.36. The van der Waals surface area contributed by atoms with Gasteiger partial charge in [-0.2, -0.15) is 0 Å². The molecule has 0 aliphatic carbocycles. The summed E-state index contributed by atoms with van der Waals surface area (Å²) in [5.41, 5.74) is 8.80. The first-order valence-electron chi connectivity index (χ1n) is 14.4. The van der Waals surface area contributed by atoms with Gasteiger partial charge in [0.1, 0.15) is 34.0 Å². The number of hydrogen-bond acceptors (Lipinski definition) is 9. The Morgan fingerprint density at radius 3 is 2.49 bits per heavy atom. The van der Waals surface area contributed by atoms with Crippen LogP contribution in [0.3, 0.4) is 0 Å². The Morgan fingerprint density at radius 2 is 1.87 bits per heavy atom. The Kier molecular flexibility index (Phi) is 11.1. The molecule has 1 aromatic heterocycles. The monoisotopic (exact) mass is 636 g/mol. The van der Waals surface area contributed by atoms with Crippen LogP contribution in [0.5, 0.6) is 11.5 Å². The van der Waals surface area contributed by atoms with Crippen LogP contribution in [-0.2, 0) is 6.42 Å². The van der Waals surface area contributed by atoms with Gasteiger partial charge < -0.3 is 39.5 Å². The number of hydrogen-bond donors (Lipinski definition) is 6. The minimum atomic E-state index is -3.70. The number of nitrogen functional groups attached to an aromatic ring is 1. The Bertz CT molecular complexity index is 1610. The maximum atomic E-state index is 13.3. The fourth-order valence-electron chi connectivity index (χ4n) is 5.04. The van der Waals surface area contributed by atoms with Gasteiger partial charge in [-0.1, -0.05) is 37.3 Å². The van der Waals surface area contributed by atoms with E-state index in [4.69, 9.17) is 29.5 Å². The van der Waals surface area contributed by atoms with E-state index in [-0.39, 0.29) is 28.3 Å². The number of amides is 1. The van der Waals surface area contributed by atoms with Gasteiger partial charge in [0.05, 0.1) is 17.1 Å². The van der Waals surface area contributed by atoms with Crippen molar-refractivity contribution in [1.29, 1.82) is 5.41 Å². The number of ether oxygens (including phenoxy) is 1. The second-order valence-corrected chi connectivity index (χ2v) is 12.1. The number of carbonyl (C=O) groups is 1. The first-order valence-corrected chi connectivity index (χ1v) is 15.9. The Hall–Kier alpha value is -4.49. The van der Waals surface area contributed by atoms with Crippen molar-refractivity contribution in [2.24, 2.45) is 5.92 Å². The molecule has 12 heteroatoms. The normalized spacial score (nSPS) is 15.0. The summed E-state index contributed by atoms with van der Waals surface area (Å²) in [5.74, 6) is 0.923. The van der Waals surface area contributed by atoms with Crippen LogP contribution in [0, 0.1) is 17.1 Å². The number of nitrogens with two attached hydrogens (primary N) is 1. The smallest absolute Gasteiger partial charge is 0.255 e.